The molecule has 0 saturated heterocycles. The van der Waals surface area contributed by atoms with Gasteiger partial charge in [-0.1, -0.05) is 12.1 Å². The predicted molar refractivity (Wildman–Crippen MR) is 93.3 cm³/mol. The molecule has 0 unspecified atom stereocenters. The van der Waals surface area contributed by atoms with Gasteiger partial charge in [-0.15, -0.1) is 0 Å². The average Bonchev–Trinajstić information content (AvgIpc) is 3.28. The lowest BCUT2D eigenvalue weighted by Gasteiger charge is -2.09. The minimum absolute atomic E-state index is 0.0187. The van der Waals surface area contributed by atoms with Crippen LogP contribution < -0.4 is 5.32 Å². The molecule has 0 bridgehead atoms. The number of carbonyl (C=O) groups excluding carboxylic acids is 1. The second kappa shape index (κ2) is 6.20. The highest BCUT2D eigenvalue weighted by Crippen LogP contribution is 2.24. The fraction of sp³-hybridized carbons (Fsp3) is 0.111. The predicted octanol–water partition coefficient (Wildman–Crippen LogP) is 1.87. The molecule has 0 aliphatic heterocycles. The van der Waals surface area contributed by atoms with Gasteiger partial charge in [0.15, 0.2) is 5.65 Å². The van der Waals surface area contributed by atoms with Crippen molar-refractivity contribution in [2.75, 3.05) is 7.05 Å². The van der Waals surface area contributed by atoms with Gasteiger partial charge < -0.3 is 5.32 Å². The molecule has 7 nitrogen and oxygen atoms in total. The summed E-state index contributed by atoms with van der Waals surface area (Å²) < 4.78 is 3.69. The minimum Gasteiger partial charge on any atom is -0.359 e. The molecule has 4 rings (SSSR count). The van der Waals surface area contributed by atoms with Crippen molar-refractivity contribution in [3.8, 4) is 17.1 Å². The molecule has 0 radical (unpaired) electrons. The molecule has 0 atom stereocenters. The minimum atomic E-state index is -0.0187. The third-order valence-electron chi connectivity index (χ3n) is 3.99. The number of nitrogens with zero attached hydrogens (tertiary/aromatic N) is 5. The number of hydrogen-bond acceptors (Lipinski definition) is 4. The van der Waals surface area contributed by atoms with E-state index in [1.54, 1.807) is 30.2 Å². The van der Waals surface area contributed by atoms with E-state index in [0.717, 1.165) is 28.3 Å². The van der Waals surface area contributed by atoms with E-state index in [4.69, 9.17) is 0 Å². The van der Waals surface area contributed by atoms with Gasteiger partial charge in [-0.2, -0.15) is 5.10 Å². The van der Waals surface area contributed by atoms with Crippen LogP contribution in [0.3, 0.4) is 0 Å². The zero-order valence-electron chi connectivity index (χ0n) is 13.6. The Morgan fingerprint density at radius 1 is 1.16 bits per heavy atom. The monoisotopic (exact) mass is 332 g/mol. The Hall–Kier alpha value is -3.48. The van der Waals surface area contributed by atoms with Gasteiger partial charge in [-0.05, 0) is 23.8 Å². The summed E-state index contributed by atoms with van der Waals surface area (Å²) in [6.45, 7) is 0. The van der Waals surface area contributed by atoms with E-state index >= 15 is 0 Å². The first-order valence-electron chi connectivity index (χ1n) is 7.88. The first-order valence-corrected chi connectivity index (χ1v) is 7.88. The van der Waals surface area contributed by atoms with E-state index in [9.17, 15) is 4.79 Å². The molecule has 7 heteroatoms. The number of carbonyl (C=O) groups is 1. The molecular weight excluding hydrogens is 316 g/mol. The van der Waals surface area contributed by atoms with Crippen LogP contribution in [0.25, 0.3) is 22.7 Å². The molecule has 1 N–H and O–H groups in total. The van der Waals surface area contributed by atoms with Crippen LogP contribution in [-0.2, 0) is 11.2 Å². The van der Waals surface area contributed by atoms with E-state index in [0.29, 0.717) is 6.42 Å². The second-order valence-electron chi connectivity index (χ2n) is 5.59. The number of imidazole rings is 1. The fourth-order valence-corrected chi connectivity index (χ4v) is 2.79. The summed E-state index contributed by atoms with van der Waals surface area (Å²) >= 11 is 0. The van der Waals surface area contributed by atoms with Gasteiger partial charge >= 0.3 is 0 Å². The lowest BCUT2D eigenvalue weighted by Crippen LogP contribution is -2.19. The largest absolute Gasteiger partial charge is 0.359 e. The summed E-state index contributed by atoms with van der Waals surface area (Å²) in [7, 11) is 1.64. The van der Waals surface area contributed by atoms with E-state index in [-0.39, 0.29) is 5.91 Å². The molecule has 1 aromatic carbocycles. The Morgan fingerprint density at radius 2 is 2.08 bits per heavy atom. The summed E-state index contributed by atoms with van der Waals surface area (Å²) in [5.41, 5.74) is 3.47. The molecule has 1 amide bonds. The highest BCUT2D eigenvalue weighted by molar-refractivity contribution is 5.78. The number of rotatable bonds is 4. The van der Waals surface area contributed by atoms with Crippen molar-refractivity contribution >= 4 is 11.6 Å². The standard InChI is InChI=1S/C18H16N6O/c1-19-16(25)11-13-4-2-5-14(10-13)23-9-7-21-17(23)15-12-22-24-8-3-6-20-18(15)24/h2-10,12H,11H2,1H3,(H,19,25). The van der Waals surface area contributed by atoms with Crippen molar-refractivity contribution < 1.29 is 4.79 Å². The van der Waals surface area contributed by atoms with Gasteiger partial charge in [0.25, 0.3) is 0 Å². The number of aromatic nitrogens is 5. The SMILES string of the molecule is CNC(=O)Cc1cccc(-n2ccnc2-c2cnn3cccnc23)c1. The topological polar surface area (TPSA) is 77.1 Å². The Balaban J connectivity index is 1.78. The first kappa shape index (κ1) is 15.1. The lowest BCUT2D eigenvalue weighted by atomic mass is 10.1. The van der Waals surface area contributed by atoms with Gasteiger partial charge in [-0.3, -0.25) is 9.36 Å². The summed E-state index contributed by atoms with van der Waals surface area (Å²) in [4.78, 5) is 20.5. The maximum atomic E-state index is 11.6. The maximum Gasteiger partial charge on any atom is 0.224 e. The molecule has 3 aromatic heterocycles. The summed E-state index contributed by atoms with van der Waals surface area (Å²) in [6.07, 6.45) is 9.32. The van der Waals surface area contributed by atoms with Crippen molar-refractivity contribution in [3.05, 3.63) is 66.9 Å². The second-order valence-corrected chi connectivity index (χ2v) is 5.59. The third-order valence-corrected chi connectivity index (χ3v) is 3.99. The van der Waals surface area contributed by atoms with Crippen LogP contribution in [0.2, 0.25) is 0 Å². The normalized spacial score (nSPS) is 10.9. The highest BCUT2D eigenvalue weighted by atomic mass is 16.1. The van der Waals surface area contributed by atoms with Crippen LogP contribution in [0.1, 0.15) is 5.56 Å². The van der Waals surface area contributed by atoms with Crippen LogP contribution in [0.5, 0.6) is 0 Å². The van der Waals surface area contributed by atoms with Crippen molar-refractivity contribution in [1.82, 2.24) is 29.5 Å². The zero-order valence-corrected chi connectivity index (χ0v) is 13.6. The molecule has 0 spiro atoms. The van der Waals surface area contributed by atoms with Crippen LogP contribution in [0.4, 0.5) is 0 Å². The van der Waals surface area contributed by atoms with Crippen molar-refractivity contribution in [1.29, 1.82) is 0 Å². The van der Waals surface area contributed by atoms with Crippen LogP contribution in [-0.4, -0.2) is 37.1 Å². The Bertz CT molecular complexity index is 1050. The molecular formula is C18H16N6O. The van der Waals surface area contributed by atoms with Crippen LogP contribution >= 0.6 is 0 Å². The smallest absolute Gasteiger partial charge is 0.224 e. The number of hydrogen-bond donors (Lipinski definition) is 1. The van der Waals surface area contributed by atoms with E-state index in [1.165, 1.54) is 0 Å². The number of amides is 1. The third kappa shape index (κ3) is 2.76. The Morgan fingerprint density at radius 3 is 2.96 bits per heavy atom. The van der Waals surface area contributed by atoms with Gasteiger partial charge in [0.05, 0.1) is 18.2 Å². The summed E-state index contributed by atoms with van der Waals surface area (Å²) in [6, 6.07) is 9.67. The van der Waals surface area contributed by atoms with Gasteiger partial charge in [-0.25, -0.2) is 14.5 Å². The van der Waals surface area contributed by atoms with Crippen molar-refractivity contribution in [2.45, 2.75) is 6.42 Å². The zero-order chi connectivity index (χ0) is 17.2. The van der Waals surface area contributed by atoms with Crippen molar-refractivity contribution in [3.63, 3.8) is 0 Å². The molecule has 25 heavy (non-hydrogen) atoms. The van der Waals surface area contributed by atoms with E-state index in [1.807, 2.05) is 47.3 Å². The van der Waals surface area contributed by atoms with E-state index < -0.39 is 0 Å². The van der Waals surface area contributed by atoms with Gasteiger partial charge in [0.1, 0.15) is 5.82 Å². The van der Waals surface area contributed by atoms with Gasteiger partial charge in [0.2, 0.25) is 5.91 Å². The molecule has 4 aromatic rings. The summed E-state index contributed by atoms with van der Waals surface area (Å²) in [5, 5.41) is 6.97. The average molecular weight is 332 g/mol. The number of likely N-dealkylation sites (N-methyl/N-ethyl adjacent to an activating group) is 1. The number of nitrogens with one attached hydrogen (secondary N) is 1. The first-order chi connectivity index (χ1) is 12.3. The van der Waals surface area contributed by atoms with Gasteiger partial charge in [0, 0.05) is 37.5 Å². The Labute approximate surface area is 144 Å². The molecule has 124 valence electrons. The van der Waals surface area contributed by atoms with Crippen molar-refractivity contribution in [2.24, 2.45) is 0 Å². The van der Waals surface area contributed by atoms with Crippen LogP contribution in [0.15, 0.2) is 61.3 Å². The number of benzene rings is 1. The molecule has 0 aliphatic rings. The van der Waals surface area contributed by atoms with E-state index in [2.05, 4.69) is 20.4 Å². The van der Waals surface area contributed by atoms with Crippen LogP contribution in [0, 0.1) is 0 Å². The molecule has 3 heterocycles. The summed E-state index contributed by atoms with van der Waals surface area (Å²) in [5.74, 6) is 0.737. The highest BCUT2D eigenvalue weighted by Gasteiger charge is 2.14. The maximum absolute atomic E-state index is 11.6. The fourth-order valence-electron chi connectivity index (χ4n) is 2.79. The lowest BCUT2D eigenvalue weighted by molar-refractivity contribution is -0.119. The Kier molecular flexibility index (Phi) is 3.74. The number of fused-ring (bicyclic) bond motifs is 1. The molecule has 0 saturated carbocycles. The molecule has 0 fully saturated rings. The molecule has 0 aliphatic carbocycles. The quantitative estimate of drug-likeness (QED) is 0.619.